The van der Waals surface area contributed by atoms with Gasteiger partial charge in [-0.2, -0.15) is 0 Å². The third kappa shape index (κ3) is 2.54. The summed E-state index contributed by atoms with van der Waals surface area (Å²) in [5.41, 5.74) is 4.64. The van der Waals surface area contributed by atoms with Crippen LogP contribution in [0.4, 0.5) is 0 Å². The van der Waals surface area contributed by atoms with Crippen LogP contribution in [0.15, 0.2) is 72.8 Å². The Labute approximate surface area is 140 Å². The highest BCUT2D eigenvalue weighted by Crippen LogP contribution is 2.30. The molecule has 0 aliphatic carbocycles. The quantitative estimate of drug-likeness (QED) is 0.769. The largest absolute Gasteiger partial charge is 0.507 e. The maximum absolute atomic E-state index is 12.9. The maximum Gasteiger partial charge on any atom is 0.258 e. The van der Waals surface area contributed by atoms with Crippen LogP contribution in [-0.4, -0.2) is 15.9 Å². The number of carbonyl (C=O) groups is 1. The van der Waals surface area contributed by atoms with E-state index >= 15 is 0 Å². The molecule has 0 spiro atoms. The normalized spacial score (nSPS) is 12.9. The fourth-order valence-corrected chi connectivity index (χ4v) is 3.16. The lowest BCUT2D eigenvalue weighted by atomic mass is 10.0. The highest BCUT2D eigenvalue weighted by molar-refractivity contribution is 5.98. The zero-order valence-corrected chi connectivity index (χ0v) is 13.1. The van der Waals surface area contributed by atoms with Gasteiger partial charge in [0.05, 0.1) is 5.56 Å². The molecular weight excluding hydrogens is 298 g/mol. The minimum absolute atomic E-state index is 0.0237. The highest BCUT2D eigenvalue weighted by atomic mass is 16.3. The summed E-state index contributed by atoms with van der Waals surface area (Å²) in [5, 5.41) is 10.2. The first-order valence-electron chi connectivity index (χ1n) is 7.97. The summed E-state index contributed by atoms with van der Waals surface area (Å²) in [5.74, 6) is -0.114. The van der Waals surface area contributed by atoms with Gasteiger partial charge in [0.2, 0.25) is 0 Å². The Balaban J connectivity index is 1.66. The van der Waals surface area contributed by atoms with Crippen molar-refractivity contribution in [3.8, 4) is 16.9 Å². The van der Waals surface area contributed by atoms with Crippen molar-refractivity contribution in [2.75, 3.05) is 0 Å². The second-order valence-electron chi connectivity index (χ2n) is 6.03. The Morgan fingerprint density at radius 1 is 0.792 bits per heavy atom. The van der Waals surface area contributed by atoms with E-state index in [0.717, 1.165) is 11.1 Å². The Bertz CT molecular complexity index is 878. The van der Waals surface area contributed by atoms with E-state index in [1.165, 1.54) is 11.1 Å². The molecule has 1 amide bonds. The summed E-state index contributed by atoms with van der Waals surface area (Å²) >= 11 is 0. The second kappa shape index (κ2) is 5.85. The zero-order valence-electron chi connectivity index (χ0n) is 13.1. The second-order valence-corrected chi connectivity index (χ2v) is 6.03. The summed E-state index contributed by atoms with van der Waals surface area (Å²) < 4.78 is 0. The molecule has 24 heavy (non-hydrogen) atoms. The predicted molar refractivity (Wildman–Crippen MR) is 93.6 cm³/mol. The molecule has 1 aliphatic rings. The number of hydrogen-bond donors (Lipinski definition) is 1. The van der Waals surface area contributed by atoms with Gasteiger partial charge >= 0.3 is 0 Å². The van der Waals surface area contributed by atoms with Crippen LogP contribution in [0, 0.1) is 0 Å². The number of amides is 1. The van der Waals surface area contributed by atoms with E-state index in [1.54, 1.807) is 17.0 Å². The van der Waals surface area contributed by atoms with Gasteiger partial charge in [0, 0.05) is 13.1 Å². The average Bonchev–Trinajstić information content (AvgIpc) is 3.06. The van der Waals surface area contributed by atoms with Crippen molar-refractivity contribution in [3.63, 3.8) is 0 Å². The Kier molecular flexibility index (Phi) is 3.54. The van der Waals surface area contributed by atoms with E-state index in [1.807, 2.05) is 60.7 Å². The number of benzene rings is 3. The first-order chi connectivity index (χ1) is 11.7. The van der Waals surface area contributed by atoms with E-state index in [4.69, 9.17) is 0 Å². The first kappa shape index (κ1) is 14.5. The lowest BCUT2D eigenvalue weighted by Gasteiger charge is -2.17. The third-order valence-electron chi connectivity index (χ3n) is 4.46. The van der Waals surface area contributed by atoms with Gasteiger partial charge in [0.1, 0.15) is 5.75 Å². The highest BCUT2D eigenvalue weighted by Gasteiger charge is 2.25. The van der Waals surface area contributed by atoms with Crippen molar-refractivity contribution in [3.05, 3.63) is 89.5 Å². The van der Waals surface area contributed by atoms with Crippen LogP contribution in [0.25, 0.3) is 11.1 Å². The summed E-state index contributed by atoms with van der Waals surface area (Å²) in [7, 11) is 0. The molecule has 3 aromatic rings. The molecule has 3 heteroatoms. The molecule has 0 fully saturated rings. The average molecular weight is 315 g/mol. The molecule has 4 rings (SSSR count). The van der Waals surface area contributed by atoms with Crippen LogP contribution in [0.1, 0.15) is 21.5 Å². The van der Waals surface area contributed by atoms with Gasteiger partial charge in [0.15, 0.2) is 0 Å². The summed E-state index contributed by atoms with van der Waals surface area (Å²) in [6.45, 7) is 1.17. The molecule has 0 bridgehead atoms. The Morgan fingerprint density at radius 3 is 2.08 bits per heavy atom. The number of nitrogens with zero attached hydrogens (tertiary/aromatic N) is 1. The number of aromatic hydroxyl groups is 1. The monoisotopic (exact) mass is 315 g/mol. The molecule has 1 heterocycles. The van der Waals surface area contributed by atoms with Gasteiger partial charge in [-0.25, -0.2) is 0 Å². The number of phenols is 1. The maximum atomic E-state index is 12.9. The molecule has 0 aromatic heterocycles. The van der Waals surface area contributed by atoms with Crippen molar-refractivity contribution in [2.24, 2.45) is 0 Å². The number of carbonyl (C=O) groups excluding carboxylic acids is 1. The molecule has 0 saturated heterocycles. The van der Waals surface area contributed by atoms with Gasteiger partial charge < -0.3 is 10.0 Å². The van der Waals surface area contributed by atoms with Gasteiger partial charge in [-0.1, -0.05) is 60.7 Å². The van der Waals surface area contributed by atoms with Crippen LogP contribution in [-0.2, 0) is 13.1 Å². The number of hydrogen-bond acceptors (Lipinski definition) is 2. The first-order valence-corrected chi connectivity index (χ1v) is 7.97. The Hall–Kier alpha value is -3.07. The molecule has 0 atom stereocenters. The molecule has 0 saturated carbocycles. The van der Waals surface area contributed by atoms with Crippen molar-refractivity contribution < 1.29 is 9.90 Å². The van der Waals surface area contributed by atoms with Crippen molar-refractivity contribution in [2.45, 2.75) is 13.1 Å². The van der Waals surface area contributed by atoms with Gasteiger partial charge in [-0.15, -0.1) is 0 Å². The SMILES string of the molecule is O=C(c1cc(-c2ccccc2)ccc1O)N1Cc2ccccc2C1. The van der Waals surface area contributed by atoms with Crippen LogP contribution >= 0.6 is 0 Å². The molecule has 3 aromatic carbocycles. The zero-order chi connectivity index (χ0) is 16.5. The predicted octanol–water partition coefficient (Wildman–Crippen LogP) is 4.22. The van der Waals surface area contributed by atoms with E-state index in [9.17, 15) is 9.90 Å². The van der Waals surface area contributed by atoms with Crippen LogP contribution in [0.5, 0.6) is 5.75 Å². The van der Waals surface area contributed by atoms with E-state index in [2.05, 4.69) is 0 Å². The number of rotatable bonds is 2. The van der Waals surface area contributed by atoms with Crippen molar-refractivity contribution in [1.82, 2.24) is 4.90 Å². The molecule has 3 nitrogen and oxygen atoms in total. The van der Waals surface area contributed by atoms with E-state index in [-0.39, 0.29) is 11.7 Å². The summed E-state index contributed by atoms with van der Waals surface area (Å²) in [4.78, 5) is 14.7. The van der Waals surface area contributed by atoms with Crippen LogP contribution in [0.3, 0.4) is 0 Å². The number of fused-ring (bicyclic) bond motifs is 1. The molecule has 1 N–H and O–H groups in total. The van der Waals surface area contributed by atoms with Gasteiger partial charge in [-0.3, -0.25) is 4.79 Å². The van der Waals surface area contributed by atoms with Crippen molar-refractivity contribution in [1.29, 1.82) is 0 Å². The van der Waals surface area contributed by atoms with E-state index in [0.29, 0.717) is 18.7 Å². The molecule has 0 radical (unpaired) electrons. The molecule has 0 unspecified atom stereocenters. The Morgan fingerprint density at radius 2 is 1.42 bits per heavy atom. The fraction of sp³-hybridized carbons (Fsp3) is 0.0952. The third-order valence-corrected chi connectivity index (χ3v) is 4.46. The standard InChI is InChI=1S/C21H17NO2/c23-20-11-10-16(15-6-2-1-3-7-15)12-19(20)21(24)22-13-17-8-4-5-9-18(17)14-22/h1-12,23H,13-14H2. The van der Waals surface area contributed by atoms with E-state index < -0.39 is 0 Å². The lowest BCUT2D eigenvalue weighted by Crippen LogP contribution is -2.25. The smallest absolute Gasteiger partial charge is 0.258 e. The van der Waals surface area contributed by atoms with Gasteiger partial charge in [0.25, 0.3) is 5.91 Å². The minimum atomic E-state index is -0.138. The molecule has 1 aliphatic heterocycles. The summed E-state index contributed by atoms with van der Waals surface area (Å²) in [6.07, 6.45) is 0. The topological polar surface area (TPSA) is 40.5 Å². The van der Waals surface area contributed by atoms with Crippen LogP contribution in [0.2, 0.25) is 0 Å². The lowest BCUT2D eigenvalue weighted by molar-refractivity contribution is 0.0748. The van der Waals surface area contributed by atoms with Crippen LogP contribution < -0.4 is 0 Å². The fourth-order valence-electron chi connectivity index (χ4n) is 3.16. The van der Waals surface area contributed by atoms with Gasteiger partial charge in [-0.05, 0) is 34.4 Å². The summed E-state index contributed by atoms with van der Waals surface area (Å²) in [6, 6.07) is 23.1. The molecule has 118 valence electrons. The molecular formula is C21H17NO2. The van der Waals surface area contributed by atoms with Crippen molar-refractivity contribution >= 4 is 5.91 Å². The number of phenolic OH excluding ortho intramolecular Hbond substituents is 1. The minimum Gasteiger partial charge on any atom is -0.507 e.